The molecule has 0 aliphatic rings. The zero-order valence-electron chi connectivity index (χ0n) is 5.86. The molecule has 0 amide bonds. The monoisotopic (exact) mass is 168 g/mol. The number of thiophene rings is 1. The van der Waals surface area contributed by atoms with Gasteiger partial charge in [-0.15, -0.1) is 11.3 Å². The minimum absolute atomic E-state index is 0.0360. The molecule has 0 fully saturated rings. The Balaban J connectivity index is 2.72. The molecule has 1 heterocycles. The molecule has 0 bridgehead atoms. The summed E-state index contributed by atoms with van der Waals surface area (Å²) >= 11 is 1.41. The summed E-state index contributed by atoms with van der Waals surface area (Å²) in [6.07, 6.45) is 4.25. The van der Waals surface area contributed by atoms with Gasteiger partial charge in [0.15, 0.2) is 6.29 Å². The highest BCUT2D eigenvalue weighted by Crippen LogP contribution is 2.15. The zero-order valence-corrected chi connectivity index (χ0v) is 6.67. The first kappa shape index (κ1) is 8.17. The number of aliphatic hydroxyl groups excluding tert-OH is 1. The lowest BCUT2D eigenvalue weighted by Crippen LogP contribution is -1.68. The number of hydrogen-bond donors (Lipinski definition) is 1. The van der Waals surface area contributed by atoms with Gasteiger partial charge in [0, 0.05) is 4.88 Å². The molecule has 1 N–H and O–H groups in total. The largest absolute Gasteiger partial charge is 0.392 e. The third kappa shape index (κ3) is 2.29. The van der Waals surface area contributed by atoms with E-state index in [-0.39, 0.29) is 6.61 Å². The molecule has 0 saturated carbocycles. The van der Waals surface area contributed by atoms with Gasteiger partial charge in [-0.3, -0.25) is 4.79 Å². The fraction of sp³-hybridized carbons (Fsp3) is 0.125. The average molecular weight is 168 g/mol. The highest BCUT2D eigenvalue weighted by atomic mass is 32.1. The van der Waals surface area contributed by atoms with Crippen LogP contribution in [0, 0.1) is 0 Å². The van der Waals surface area contributed by atoms with Crippen molar-refractivity contribution in [3.63, 3.8) is 0 Å². The van der Waals surface area contributed by atoms with Crippen LogP contribution in [0.1, 0.15) is 14.5 Å². The van der Waals surface area contributed by atoms with Crippen LogP contribution in [-0.4, -0.2) is 18.0 Å². The van der Waals surface area contributed by atoms with Crippen molar-refractivity contribution in [1.82, 2.24) is 0 Å². The second-order valence-corrected chi connectivity index (χ2v) is 3.09. The zero-order chi connectivity index (χ0) is 8.10. The molecule has 0 saturated heterocycles. The number of aliphatic hydroxyl groups is 1. The minimum Gasteiger partial charge on any atom is -0.392 e. The topological polar surface area (TPSA) is 37.3 Å². The second kappa shape index (κ2) is 4.05. The number of aldehydes is 1. The summed E-state index contributed by atoms with van der Waals surface area (Å²) < 4.78 is 0. The molecule has 3 heteroatoms. The van der Waals surface area contributed by atoms with Gasteiger partial charge >= 0.3 is 0 Å². The van der Waals surface area contributed by atoms with Crippen molar-refractivity contribution in [2.45, 2.75) is 0 Å². The quantitative estimate of drug-likeness (QED) is 0.695. The highest BCUT2D eigenvalue weighted by molar-refractivity contribution is 7.14. The van der Waals surface area contributed by atoms with Crippen LogP contribution in [0.2, 0.25) is 0 Å². The number of hydrogen-bond acceptors (Lipinski definition) is 3. The van der Waals surface area contributed by atoms with Gasteiger partial charge in [-0.05, 0) is 18.2 Å². The van der Waals surface area contributed by atoms with Crippen molar-refractivity contribution in [3.8, 4) is 0 Å². The third-order valence-electron chi connectivity index (χ3n) is 1.15. The van der Waals surface area contributed by atoms with Crippen molar-refractivity contribution in [1.29, 1.82) is 0 Å². The fourth-order valence-electron chi connectivity index (χ4n) is 0.690. The van der Waals surface area contributed by atoms with Crippen LogP contribution in [0.15, 0.2) is 18.2 Å². The van der Waals surface area contributed by atoms with Gasteiger partial charge in [-0.25, -0.2) is 0 Å². The summed E-state index contributed by atoms with van der Waals surface area (Å²) in [4.78, 5) is 11.9. The van der Waals surface area contributed by atoms with E-state index in [4.69, 9.17) is 5.11 Å². The lowest BCUT2D eigenvalue weighted by atomic mass is 10.4. The van der Waals surface area contributed by atoms with E-state index in [0.29, 0.717) is 4.88 Å². The van der Waals surface area contributed by atoms with Gasteiger partial charge in [0.2, 0.25) is 0 Å². The summed E-state index contributed by atoms with van der Waals surface area (Å²) in [5.41, 5.74) is 0. The highest BCUT2D eigenvalue weighted by Gasteiger charge is 1.93. The molecule has 0 unspecified atom stereocenters. The molecule has 1 aromatic rings. The lowest BCUT2D eigenvalue weighted by molar-refractivity contribution is 0.112. The average Bonchev–Trinajstić information content (AvgIpc) is 2.48. The van der Waals surface area contributed by atoms with Crippen molar-refractivity contribution < 1.29 is 9.90 Å². The van der Waals surface area contributed by atoms with Crippen molar-refractivity contribution in [2.24, 2.45) is 0 Å². The van der Waals surface area contributed by atoms with Crippen LogP contribution in [-0.2, 0) is 0 Å². The molecule has 1 rings (SSSR count). The van der Waals surface area contributed by atoms with Gasteiger partial charge in [-0.2, -0.15) is 0 Å². The Hall–Kier alpha value is -0.930. The lowest BCUT2D eigenvalue weighted by Gasteiger charge is -1.80. The van der Waals surface area contributed by atoms with Crippen molar-refractivity contribution >= 4 is 23.7 Å². The predicted octanol–water partition coefficient (Wildman–Crippen LogP) is 1.57. The molecule has 0 aromatic carbocycles. The molecule has 58 valence electrons. The van der Waals surface area contributed by atoms with Crippen LogP contribution in [0.25, 0.3) is 6.08 Å². The van der Waals surface area contributed by atoms with Crippen LogP contribution < -0.4 is 0 Å². The smallest absolute Gasteiger partial charge is 0.160 e. The maximum absolute atomic E-state index is 10.2. The number of rotatable bonds is 3. The fourth-order valence-corrected chi connectivity index (χ4v) is 1.45. The van der Waals surface area contributed by atoms with Crippen molar-refractivity contribution in [2.75, 3.05) is 6.61 Å². The van der Waals surface area contributed by atoms with E-state index < -0.39 is 0 Å². The molecule has 11 heavy (non-hydrogen) atoms. The first-order valence-electron chi connectivity index (χ1n) is 3.19. The molecule has 1 aromatic heterocycles. The van der Waals surface area contributed by atoms with E-state index >= 15 is 0 Å². The third-order valence-corrected chi connectivity index (χ3v) is 2.13. The van der Waals surface area contributed by atoms with Crippen molar-refractivity contribution in [3.05, 3.63) is 28.0 Å². The first-order valence-corrected chi connectivity index (χ1v) is 4.01. The summed E-state index contributed by atoms with van der Waals surface area (Å²) in [5.74, 6) is 0. The van der Waals surface area contributed by atoms with E-state index in [1.807, 2.05) is 6.07 Å². The first-order chi connectivity index (χ1) is 5.36. The van der Waals surface area contributed by atoms with Gasteiger partial charge in [0.05, 0.1) is 11.5 Å². The van der Waals surface area contributed by atoms with E-state index in [0.717, 1.165) is 11.2 Å². The summed E-state index contributed by atoms with van der Waals surface area (Å²) in [6, 6.07) is 3.61. The molecular weight excluding hydrogens is 160 g/mol. The maximum atomic E-state index is 10.2. The Labute approximate surface area is 68.8 Å². The Kier molecular flexibility index (Phi) is 3.01. The van der Waals surface area contributed by atoms with E-state index in [1.54, 1.807) is 18.2 Å². The van der Waals surface area contributed by atoms with Gasteiger partial charge in [0.1, 0.15) is 0 Å². The molecule has 0 radical (unpaired) electrons. The summed E-state index contributed by atoms with van der Waals surface area (Å²) in [7, 11) is 0. The summed E-state index contributed by atoms with van der Waals surface area (Å²) in [5, 5.41) is 8.44. The van der Waals surface area contributed by atoms with Crippen LogP contribution in [0.4, 0.5) is 0 Å². The Morgan fingerprint density at radius 1 is 1.45 bits per heavy atom. The van der Waals surface area contributed by atoms with Crippen LogP contribution >= 0.6 is 11.3 Å². The van der Waals surface area contributed by atoms with Gasteiger partial charge < -0.3 is 5.11 Å². The molecule has 0 aliphatic carbocycles. The second-order valence-electron chi connectivity index (χ2n) is 1.94. The predicted molar refractivity (Wildman–Crippen MR) is 45.8 cm³/mol. The van der Waals surface area contributed by atoms with Crippen LogP contribution in [0.5, 0.6) is 0 Å². The SMILES string of the molecule is O=Cc1ccc(C=CCO)s1. The Morgan fingerprint density at radius 2 is 2.18 bits per heavy atom. The standard InChI is InChI=1S/C8H8O2S/c9-5-1-2-7-3-4-8(6-10)11-7/h1-4,6,9H,5H2. The normalized spacial score (nSPS) is 10.6. The molecule has 0 spiro atoms. The van der Waals surface area contributed by atoms with E-state index in [9.17, 15) is 4.79 Å². The number of carbonyl (C=O) groups is 1. The minimum atomic E-state index is 0.0360. The van der Waals surface area contributed by atoms with Gasteiger partial charge in [0.25, 0.3) is 0 Å². The number of carbonyl (C=O) groups excluding carboxylic acids is 1. The molecule has 0 aliphatic heterocycles. The molecular formula is C8H8O2S. The van der Waals surface area contributed by atoms with Crippen LogP contribution in [0.3, 0.4) is 0 Å². The Bertz CT molecular complexity index is 263. The summed E-state index contributed by atoms with van der Waals surface area (Å²) in [6.45, 7) is 0.0360. The molecule has 2 nitrogen and oxygen atoms in total. The Morgan fingerprint density at radius 3 is 2.73 bits per heavy atom. The van der Waals surface area contributed by atoms with Gasteiger partial charge in [-0.1, -0.05) is 6.08 Å². The van der Waals surface area contributed by atoms with E-state index in [1.165, 1.54) is 11.3 Å². The molecule has 0 atom stereocenters. The maximum Gasteiger partial charge on any atom is 0.160 e. The van der Waals surface area contributed by atoms with E-state index in [2.05, 4.69) is 0 Å².